The maximum atomic E-state index is 12.7. The van der Waals surface area contributed by atoms with Gasteiger partial charge in [-0.3, -0.25) is 0 Å². The normalized spacial score (nSPS) is 12.7. The van der Waals surface area contributed by atoms with Crippen molar-refractivity contribution in [3.05, 3.63) is 42.0 Å². The van der Waals surface area contributed by atoms with E-state index in [-0.39, 0.29) is 0 Å². The van der Waals surface area contributed by atoms with Crippen LogP contribution in [0.3, 0.4) is 0 Å². The van der Waals surface area contributed by atoms with Crippen molar-refractivity contribution in [2.75, 3.05) is 0 Å². The molecule has 0 aliphatic rings. The molecule has 0 N–H and O–H groups in total. The fourth-order valence-corrected chi connectivity index (χ4v) is 1.62. The molecule has 0 amide bonds. The summed E-state index contributed by atoms with van der Waals surface area (Å²) in [5.74, 6) is -0.456. The Morgan fingerprint density at radius 1 is 0.895 bits per heavy atom. The molecular formula is C11H6BF6O-. The van der Waals surface area contributed by atoms with Gasteiger partial charge in [-0.25, -0.2) is 0 Å². The second-order valence-electron chi connectivity index (χ2n) is 3.82. The van der Waals surface area contributed by atoms with E-state index in [1.807, 2.05) is 0 Å². The molecule has 2 rings (SSSR count). The fourth-order valence-electron chi connectivity index (χ4n) is 1.62. The van der Waals surface area contributed by atoms with Gasteiger partial charge in [0.1, 0.15) is 5.76 Å². The van der Waals surface area contributed by atoms with E-state index in [0.29, 0.717) is 6.07 Å². The minimum atomic E-state index is -5.37. The van der Waals surface area contributed by atoms with Gasteiger partial charge >= 0.3 is 13.2 Å². The fraction of sp³-hybridized carbons (Fsp3) is 0.0909. The standard InChI is InChI=1S/C11H6BF6O/c13-11(14,15)8-4-2-1-3-7(8)9-5-6-10(19-9)12(16,17)18/h1-6H/q-1. The molecule has 0 aliphatic carbocycles. The quantitative estimate of drug-likeness (QED) is 0.597. The molecule has 1 nitrogen and oxygen atoms in total. The van der Waals surface area contributed by atoms with Crippen molar-refractivity contribution < 1.29 is 30.5 Å². The highest BCUT2D eigenvalue weighted by molar-refractivity contribution is 6.72. The van der Waals surface area contributed by atoms with Gasteiger partial charge in [-0.15, -0.1) is 0 Å². The lowest BCUT2D eigenvalue weighted by Gasteiger charge is -2.12. The predicted molar refractivity (Wildman–Crippen MR) is 57.9 cm³/mol. The number of hydrogen-bond donors (Lipinski definition) is 0. The molecule has 0 fully saturated rings. The number of furan rings is 1. The first-order valence-electron chi connectivity index (χ1n) is 5.16. The van der Waals surface area contributed by atoms with Crippen LogP contribution in [-0.2, 0) is 6.18 Å². The molecule has 0 atom stereocenters. The molecule has 0 unspecified atom stereocenters. The van der Waals surface area contributed by atoms with Crippen LogP contribution in [-0.4, -0.2) is 6.98 Å². The van der Waals surface area contributed by atoms with E-state index in [2.05, 4.69) is 4.42 Å². The van der Waals surface area contributed by atoms with E-state index in [1.165, 1.54) is 6.07 Å². The molecule has 1 aromatic carbocycles. The summed E-state index contributed by atoms with van der Waals surface area (Å²) >= 11 is 0. The Bertz CT molecular complexity index is 583. The highest BCUT2D eigenvalue weighted by atomic mass is 19.4. The van der Waals surface area contributed by atoms with E-state index < -0.39 is 35.7 Å². The van der Waals surface area contributed by atoms with Crippen LogP contribution in [0.25, 0.3) is 11.3 Å². The smallest absolute Gasteiger partial charge is 0.493 e. The molecule has 0 saturated heterocycles. The molecule has 19 heavy (non-hydrogen) atoms. The summed E-state index contributed by atoms with van der Waals surface area (Å²) in [7, 11) is 0. The third-order valence-corrected chi connectivity index (χ3v) is 2.45. The monoisotopic (exact) mass is 279 g/mol. The average molecular weight is 279 g/mol. The largest absolute Gasteiger partial charge is 0.544 e. The van der Waals surface area contributed by atoms with Crippen LogP contribution < -0.4 is 5.66 Å². The van der Waals surface area contributed by atoms with Crippen molar-refractivity contribution in [1.29, 1.82) is 0 Å². The van der Waals surface area contributed by atoms with E-state index in [4.69, 9.17) is 0 Å². The maximum Gasteiger partial charge on any atom is 0.544 e. The number of halogens is 6. The van der Waals surface area contributed by atoms with Gasteiger partial charge in [0.05, 0.1) is 5.56 Å². The Morgan fingerprint density at radius 3 is 2.05 bits per heavy atom. The third-order valence-electron chi connectivity index (χ3n) is 2.45. The number of hydrogen-bond acceptors (Lipinski definition) is 1. The summed E-state index contributed by atoms with van der Waals surface area (Å²) in [6, 6.07) is 5.82. The average Bonchev–Trinajstić information content (AvgIpc) is 2.76. The van der Waals surface area contributed by atoms with E-state index in [0.717, 1.165) is 24.3 Å². The lowest BCUT2D eigenvalue weighted by atomic mass is 9.88. The van der Waals surface area contributed by atoms with Crippen LogP contribution in [0.2, 0.25) is 0 Å². The molecule has 0 spiro atoms. The number of rotatable bonds is 2. The first-order chi connectivity index (χ1) is 8.69. The minimum absolute atomic E-state index is 0.415. The molecular weight excluding hydrogens is 273 g/mol. The van der Waals surface area contributed by atoms with Gasteiger partial charge in [0.2, 0.25) is 0 Å². The summed E-state index contributed by atoms with van der Waals surface area (Å²) < 4.78 is 79.8. The van der Waals surface area contributed by atoms with E-state index in [9.17, 15) is 26.1 Å². The van der Waals surface area contributed by atoms with E-state index in [1.54, 1.807) is 0 Å². The van der Waals surface area contributed by atoms with Crippen molar-refractivity contribution >= 4 is 12.6 Å². The topological polar surface area (TPSA) is 13.1 Å². The van der Waals surface area contributed by atoms with Gasteiger partial charge in [0.25, 0.3) is 0 Å². The van der Waals surface area contributed by atoms with Crippen molar-refractivity contribution in [1.82, 2.24) is 0 Å². The summed E-state index contributed by atoms with van der Waals surface area (Å²) in [6.45, 7) is -5.37. The number of benzene rings is 1. The predicted octanol–water partition coefficient (Wildman–Crippen LogP) is 4.02. The highest BCUT2D eigenvalue weighted by Crippen LogP contribution is 2.37. The number of alkyl halides is 3. The molecule has 2 aromatic rings. The summed E-state index contributed by atoms with van der Waals surface area (Å²) in [5.41, 5.74) is -2.72. The zero-order valence-corrected chi connectivity index (χ0v) is 9.22. The molecule has 0 aliphatic heterocycles. The van der Waals surface area contributed by atoms with Crippen LogP contribution >= 0.6 is 0 Å². The highest BCUT2D eigenvalue weighted by Gasteiger charge is 2.35. The molecule has 102 valence electrons. The molecule has 1 heterocycles. The van der Waals surface area contributed by atoms with Gasteiger partial charge < -0.3 is 17.4 Å². The molecule has 0 bridgehead atoms. The van der Waals surface area contributed by atoms with Gasteiger partial charge in [0, 0.05) is 11.2 Å². The summed E-state index contributed by atoms with van der Waals surface area (Å²) in [4.78, 5) is 0. The van der Waals surface area contributed by atoms with E-state index >= 15 is 0 Å². The van der Waals surface area contributed by atoms with Crippen LogP contribution in [0.4, 0.5) is 26.1 Å². The van der Waals surface area contributed by atoms with Crippen LogP contribution in [0, 0.1) is 0 Å². The second kappa shape index (κ2) is 4.36. The molecule has 8 heteroatoms. The Labute approximate surface area is 103 Å². The molecule has 1 aromatic heterocycles. The zero-order valence-electron chi connectivity index (χ0n) is 9.22. The van der Waals surface area contributed by atoms with Crippen molar-refractivity contribution in [3.8, 4) is 11.3 Å². The lowest BCUT2D eigenvalue weighted by Crippen LogP contribution is -2.32. The zero-order chi connectivity index (χ0) is 14.3. The lowest BCUT2D eigenvalue weighted by molar-refractivity contribution is -0.137. The Balaban J connectivity index is 2.52. The van der Waals surface area contributed by atoms with Crippen molar-refractivity contribution in [2.45, 2.75) is 6.18 Å². The van der Waals surface area contributed by atoms with Crippen molar-refractivity contribution in [3.63, 3.8) is 0 Å². The summed E-state index contributed by atoms with van der Waals surface area (Å²) in [5, 5.41) is 0. The van der Waals surface area contributed by atoms with Crippen LogP contribution in [0.1, 0.15) is 5.56 Å². The van der Waals surface area contributed by atoms with Gasteiger partial charge in [-0.2, -0.15) is 13.2 Å². The van der Waals surface area contributed by atoms with Crippen molar-refractivity contribution in [2.24, 2.45) is 0 Å². The maximum absolute atomic E-state index is 12.7. The molecule has 0 radical (unpaired) electrons. The van der Waals surface area contributed by atoms with Gasteiger partial charge in [-0.1, -0.05) is 24.3 Å². The van der Waals surface area contributed by atoms with Gasteiger partial charge in [0.15, 0.2) is 0 Å². The van der Waals surface area contributed by atoms with Gasteiger partial charge in [-0.05, 0) is 12.1 Å². The minimum Gasteiger partial charge on any atom is -0.493 e. The second-order valence-corrected chi connectivity index (χ2v) is 3.82. The Morgan fingerprint density at radius 2 is 1.53 bits per heavy atom. The Kier molecular flexibility index (Phi) is 3.11. The first-order valence-corrected chi connectivity index (χ1v) is 5.16. The Hall–Kier alpha value is -1.86. The summed E-state index contributed by atoms with van der Waals surface area (Å²) in [6.07, 6.45) is -4.66. The third kappa shape index (κ3) is 2.77. The van der Waals surface area contributed by atoms with Crippen LogP contribution in [0.15, 0.2) is 40.8 Å². The van der Waals surface area contributed by atoms with Crippen LogP contribution in [0.5, 0.6) is 0 Å². The molecule has 0 saturated carbocycles. The first kappa shape index (κ1) is 13.6. The SMILES string of the molecule is F[B-](F)(F)c1ccc(-c2ccccc2C(F)(F)F)o1.